The van der Waals surface area contributed by atoms with E-state index in [9.17, 15) is 112 Å². The molecule has 0 saturated carbocycles. The number of hydrogen-bond acceptors (Lipinski definition) is 24. The Bertz CT molecular complexity index is 3900. The molecule has 26 N–H and O–H groups in total. The molecule has 5 rings (SSSR count). The first-order valence-corrected chi connectivity index (χ1v) is 39.6. The normalized spacial score (nSPS) is 21.1. The van der Waals surface area contributed by atoms with E-state index in [0.717, 1.165) is 0 Å². The summed E-state index contributed by atoms with van der Waals surface area (Å²) < 4.78 is 0. The number of nitrogens with one attached hydrogen (secondary N) is 17. The molecule has 2 aromatic carbocycles. The van der Waals surface area contributed by atoms with Crippen LogP contribution < -0.4 is 91.2 Å². The van der Waals surface area contributed by atoms with E-state index in [4.69, 9.17) is 22.3 Å². The molecule has 0 bridgehead atoms. The molecule has 3 saturated heterocycles. The van der Waals surface area contributed by atoms with E-state index >= 15 is 0 Å². The molecule has 122 heavy (non-hydrogen) atoms. The van der Waals surface area contributed by atoms with Gasteiger partial charge in [0.05, 0.1) is 52.1 Å². The minimum atomic E-state index is -1.76. The second kappa shape index (κ2) is 55.3. The van der Waals surface area contributed by atoms with Gasteiger partial charge in [-0.1, -0.05) is 60.7 Å². The average Bonchev–Trinajstić information content (AvgIpc) is 1.50. The minimum absolute atomic E-state index is 0. The zero-order chi connectivity index (χ0) is 88.9. The topological polar surface area (TPSA) is 702 Å². The van der Waals surface area contributed by atoms with Crippen molar-refractivity contribution in [2.75, 3.05) is 118 Å². The maximum Gasteiger partial charge on any atom is 0.317 e. The third-order valence-corrected chi connectivity index (χ3v) is 19.4. The molecule has 669 valence electrons. The van der Waals surface area contributed by atoms with Crippen LogP contribution in [0.3, 0.4) is 0 Å². The zero-order valence-corrected chi connectivity index (χ0v) is 70.5. The van der Waals surface area contributed by atoms with Crippen molar-refractivity contribution >= 4 is 119 Å². The molecule has 1 unspecified atom stereocenters. The number of aliphatic carboxylic acids is 5. The smallest absolute Gasteiger partial charge is 0.317 e. The number of nitrogens with two attached hydrogens (primary N) is 2. The molecular weight excluding hydrogens is 1680 g/mol. The first-order chi connectivity index (χ1) is 57.6. The summed E-state index contributed by atoms with van der Waals surface area (Å²) >= 11 is 0. The first kappa shape index (κ1) is 103. The number of carbonyl (C=O) groups is 18. The Morgan fingerprint density at radius 2 is 0.689 bits per heavy atom. The number of carboxylic acids is 5. The molecule has 1 radical (unpaired) electrons. The second-order valence-electron chi connectivity index (χ2n) is 29.2. The van der Waals surface area contributed by atoms with Crippen LogP contribution in [0.5, 0.6) is 0 Å². The van der Waals surface area contributed by atoms with Crippen molar-refractivity contribution in [1.29, 1.82) is 10.8 Å². The van der Waals surface area contributed by atoms with Crippen molar-refractivity contribution in [3.63, 3.8) is 0 Å². The Hall–Kier alpha value is -11.6. The number of nitrogens with zero attached hydrogens (tertiary/aromatic N) is 4. The van der Waals surface area contributed by atoms with Gasteiger partial charge in [-0.2, -0.15) is 0 Å². The molecule has 13 amide bonds. The van der Waals surface area contributed by atoms with Gasteiger partial charge in [0.15, 0.2) is 11.9 Å². The van der Waals surface area contributed by atoms with Crippen LogP contribution >= 0.6 is 0 Å². The summed E-state index contributed by atoms with van der Waals surface area (Å²) in [5.41, 5.74) is 11.9. The van der Waals surface area contributed by atoms with Crippen molar-refractivity contribution in [2.24, 2.45) is 11.5 Å². The monoisotopic (exact) mass is 1790 g/mol. The van der Waals surface area contributed by atoms with Crippen LogP contribution in [-0.2, 0) is 132 Å². The van der Waals surface area contributed by atoms with E-state index < -0.39 is 226 Å². The summed E-state index contributed by atoms with van der Waals surface area (Å²) in [4.78, 5) is 248. The predicted molar refractivity (Wildman–Crippen MR) is 428 cm³/mol. The third-order valence-electron chi connectivity index (χ3n) is 19.4. The summed E-state index contributed by atoms with van der Waals surface area (Å²) in [6.45, 7) is -3.24. The number of unbranched alkanes of at least 4 members (excludes halogenated alkanes) is 2. The number of guanidine groups is 2. The summed E-state index contributed by atoms with van der Waals surface area (Å²) in [5.74, 6) is -19.2. The van der Waals surface area contributed by atoms with Gasteiger partial charge < -0.3 is 117 Å². The first-order valence-electron chi connectivity index (χ1n) is 39.6. The van der Waals surface area contributed by atoms with E-state index in [-0.39, 0.29) is 201 Å². The van der Waals surface area contributed by atoms with Crippen LogP contribution in [0.25, 0.3) is 0 Å². The number of benzene rings is 2. The SMILES string of the molecule is N=C(N)NCCC[C@@H]1NC(=O)[C@H](CCCCNC(=O)CCC(NC(=O)CN2CCN(CC(=O)O)CCN(CC(=O)O)CCN(CC(=O)O)CC2)C(=O)NCCCC[C@@H]2NC(=O)[C@@H](Cc3ccccc3)NC(=O)[C@H](CC(=O)O)NC(=O)CNC(=O)[C@H](CCCNC(=N)N)NC2=O)NC(=O)[C@@H](Cc2ccccc2)NC(=O)[C@H](CC(=O)O)NC(=O)CNC1=O.[90Y]. The van der Waals surface area contributed by atoms with Crippen molar-refractivity contribution in [3.8, 4) is 0 Å². The third kappa shape index (κ3) is 41.6. The number of carboxylic acid groups (broad SMARTS) is 5. The van der Waals surface area contributed by atoms with Crippen LogP contribution in [0.4, 0.5) is 0 Å². The fourth-order valence-electron chi connectivity index (χ4n) is 13.1. The quantitative estimate of drug-likeness (QED) is 0.0168. The Balaban J connectivity index is 0.0000312. The zero-order valence-electron chi connectivity index (χ0n) is 67.6. The van der Waals surface area contributed by atoms with Crippen LogP contribution in [0.2, 0.25) is 0 Å². The largest absolute Gasteiger partial charge is 0.481 e. The fraction of sp³-hybridized carbons (Fsp3) is 0.573. The van der Waals surface area contributed by atoms with E-state index in [0.29, 0.717) is 11.1 Å². The van der Waals surface area contributed by atoms with Gasteiger partial charge >= 0.3 is 29.8 Å². The average molecular weight is 1790 g/mol. The number of rotatable bonds is 39. The van der Waals surface area contributed by atoms with Crippen LogP contribution in [0, 0.1) is 10.8 Å². The van der Waals surface area contributed by atoms with Crippen LogP contribution in [0.15, 0.2) is 60.7 Å². The Morgan fingerprint density at radius 3 is 1.04 bits per heavy atom. The van der Waals surface area contributed by atoms with Gasteiger partial charge in [0.2, 0.25) is 76.8 Å². The minimum Gasteiger partial charge on any atom is -0.481 e. The van der Waals surface area contributed by atoms with Crippen molar-refractivity contribution in [3.05, 3.63) is 71.8 Å². The molecule has 3 aliphatic heterocycles. The maximum atomic E-state index is 14.5. The van der Waals surface area contributed by atoms with Gasteiger partial charge in [0.25, 0.3) is 0 Å². The molecule has 46 nitrogen and oxygen atoms in total. The molecule has 3 heterocycles. The van der Waals surface area contributed by atoms with Gasteiger partial charge in [-0.3, -0.25) is 117 Å². The molecule has 2 aromatic rings. The van der Waals surface area contributed by atoms with E-state index in [1.165, 1.54) is 9.80 Å². The summed E-state index contributed by atoms with van der Waals surface area (Å²) in [6, 6.07) is 2.82. The number of amides is 13. The Labute approximate surface area is 727 Å². The van der Waals surface area contributed by atoms with E-state index in [1.807, 2.05) is 0 Å². The number of carbonyl (C=O) groups excluding carboxylic acids is 13. The Morgan fingerprint density at radius 1 is 0.377 bits per heavy atom. The van der Waals surface area contributed by atoms with Gasteiger partial charge in [0, 0.05) is 131 Å². The molecule has 0 aliphatic carbocycles. The molecule has 3 fully saturated rings. The molecular formula is C75H113N23O23Y. The number of hydrogen-bond donors (Lipinski definition) is 24. The van der Waals surface area contributed by atoms with Crippen molar-refractivity contribution in [2.45, 2.75) is 157 Å². The van der Waals surface area contributed by atoms with E-state index in [1.54, 1.807) is 70.5 Å². The van der Waals surface area contributed by atoms with Crippen LogP contribution in [0.1, 0.15) is 101 Å². The van der Waals surface area contributed by atoms with Crippen molar-refractivity contribution < 1.29 is 145 Å². The van der Waals surface area contributed by atoms with Gasteiger partial charge in [-0.25, -0.2) is 0 Å². The molecule has 9 atom stereocenters. The standard InChI is InChI=1S/C75H113N23O23.Y/c76-74(77)82-25-11-19-47-66(114)84-39-57(100)87-54(37-60(103)104)72(120)93-52(35-45-13-3-1-4-14-45)70(118)91-49(68(116)89-47)17-7-9-23-80-56(99)22-21-51(86-59(102)41-95-27-29-96(42-62(107)108)31-33-98(44-64(111)112)34-32-97(30-28-95)43-63(109)110)65(113)81-24-10-8-18-50-69(117)90-48(20-12-26-83-75(78)79)67(115)85-40-58(101)88-55(38-61(105)106)73(121)94-53(71(119)92-50)36-46-15-5-2-6-16-46;/h1-6,13-16,47-55H,7-12,17-44H2,(H,80,99)(H,81,113)(H,84,114)(H,85,115)(H,86,102)(H,87,100)(H,88,101)(H,89,116)(H,90,117)(H,91,118)(H,92,119)(H,93,120)(H,94,121)(H,103,104)(H,105,106)(H,107,108)(H,109,110)(H,111,112)(H4,76,77,82)(H4,78,79,83);/t47-,48-,49-,50-,51?,52+,53+,54-,55-;/m0./s1/i;1+1. The Kier molecular flexibility index (Phi) is 46.6. The van der Waals surface area contributed by atoms with Crippen molar-refractivity contribution in [1.82, 2.24) is 99.4 Å². The summed E-state index contributed by atoms with van der Waals surface area (Å²) in [5, 5.41) is 102. The molecule has 0 spiro atoms. The maximum absolute atomic E-state index is 14.5. The van der Waals surface area contributed by atoms with E-state index in [2.05, 4.69) is 79.8 Å². The molecule has 47 heteroatoms. The predicted octanol–water partition coefficient (Wildman–Crippen LogP) is -8.60. The molecule has 3 aliphatic rings. The van der Waals surface area contributed by atoms with Crippen LogP contribution in [-0.4, -0.2) is 336 Å². The van der Waals surface area contributed by atoms with Gasteiger partial charge in [0.1, 0.15) is 54.4 Å². The van der Waals surface area contributed by atoms with Gasteiger partial charge in [-0.15, -0.1) is 0 Å². The summed E-state index contributed by atoms with van der Waals surface area (Å²) in [6.07, 6.45) is -3.25. The fourth-order valence-corrected chi connectivity index (χ4v) is 13.1. The summed E-state index contributed by atoms with van der Waals surface area (Å²) in [7, 11) is 0. The second-order valence-corrected chi connectivity index (χ2v) is 29.2. The molecule has 0 aromatic heterocycles. The van der Waals surface area contributed by atoms with Gasteiger partial charge in [-0.05, 0) is 81.8 Å².